The quantitative estimate of drug-likeness (QED) is 0.585. The maximum Gasteiger partial charge on any atom is 0.330 e. The fourth-order valence-electron chi connectivity index (χ4n) is 1.71. The molecule has 0 atom stereocenters. The molecule has 17 heavy (non-hydrogen) atoms. The van der Waals surface area contributed by atoms with Crippen molar-refractivity contribution >= 4 is 22.9 Å². The van der Waals surface area contributed by atoms with Gasteiger partial charge in [-0.15, -0.1) is 0 Å². The lowest BCUT2D eigenvalue weighted by atomic mass is 10.0. The van der Waals surface area contributed by atoms with Crippen LogP contribution >= 0.6 is 0 Å². The third-order valence-electron chi connectivity index (χ3n) is 2.67. The number of aromatic nitrogens is 1. The molecule has 0 N–H and O–H groups in total. The van der Waals surface area contributed by atoms with E-state index in [9.17, 15) is 4.79 Å². The van der Waals surface area contributed by atoms with Gasteiger partial charge < -0.3 is 4.74 Å². The molecule has 1 heterocycles. The van der Waals surface area contributed by atoms with Gasteiger partial charge in [-0.2, -0.15) is 0 Å². The first-order valence-electron chi connectivity index (χ1n) is 5.33. The van der Waals surface area contributed by atoms with Crippen LogP contribution in [0.2, 0.25) is 0 Å². The normalized spacial score (nSPS) is 10.9. The summed E-state index contributed by atoms with van der Waals surface area (Å²) in [4.78, 5) is 15.4. The standard InChI is InChI=1S/C14H13NO2/c1-10-11(7-8-13(16)17-2)5-6-12-4-3-9-15-14(10)12/h3-9H,1-2H3. The van der Waals surface area contributed by atoms with Crippen LogP contribution in [-0.4, -0.2) is 18.1 Å². The molecule has 2 rings (SSSR count). The fourth-order valence-corrected chi connectivity index (χ4v) is 1.71. The second-order valence-corrected chi connectivity index (χ2v) is 3.71. The highest BCUT2D eigenvalue weighted by Crippen LogP contribution is 2.20. The maximum atomic E-state index is 11.0. The smallest absolute Gasteiger partial charge is 0.330 e. The van der Waals surface area contributed by atoms with Crippen molar-refractivity contribution in [2.75, 3.05) is 7.11 Å². The van der Waals surface area contributed by atoms with E-state index in [1.165, 1.54) is 13.2 Å². The van der Waals surface area contributed by atoms with Gasteiger partial charge in [0.25, 0.3) is 0 Å². The van der Waals surface area contributed by atoms with Crippen LogP contribution < -0.4 is 0 Å². The number of hydrogen-bond donors (Lipinski definition) is 0. The van der Waals surface area contributed by atoms with E-state index in [1.807, 2.05) is 31.2 Å². The summed E-state index contributed by atoms with van der Waals surface area (Å²) in [5, 5.41) is 1.10. The van der Waals surface area contributed by atoms with E-state index in [2.05, 4.69) is 9.72 Å². The zero-order valence-corrected chi connectivity index (χ0v) is 9.81. The molecule has 0 fully saturated rings. The molecule has 0 saturated carbocycles. The summed E-state index contributed by atoms with van der Waals surface area (Å²) in [6.45, 7) is 1.99. The Labute approximate surface area is 99.7 Å². The van der Waals surface area contributed by atoms with E-state index in [0.717, 1.165) is 22.0 Å². The first kappa shape index (κ1) is 11.3. The maximum absolute atomic E-state index is 11.0. The second-order valence-electron chi connectivity index (χ2n) is 3.71. The van der Waals surface area contributed by atoms with Crippen LogP contribution in [0, 0.1) is 6.92 Å². The van der Waals surface area contributed by atoms with Crippen LogP contribution in [0.5, 0.6) is 0 Å². The van der Waals surface area contributed by atoms with E-state index >= 15 is 0 Å². The summed E-state index contributed by atoms with van der Waals surface area (Å²) in [5.41, 5.74) is 2.99. The number of hydrogen-bond acceptors (Lipinski definition) is 3. The SMILES string of the molecule is COC(=O)C=Cc1ccc2cccnc2c1C. The molecule has 0 saturated heterocycles. The Morgan fingerprint density at radius 1 is 1.35 bits per heavy atom. The number of aryl methyl sites for hydroxylation is 1. The molecule has 1 aromatic heterocycles. The minimum Gasteiger partial charge on any atom is -0.466 e. The van der Waals surface area contributed by atoms with E-state index < -0.39 is 0 Å². The van der Waals surface area contributed by atoms with Gasteiger partial charge >= 0.3 is 5.97 Å². The van der Waals surface area contributed by atoms with Gasteiger partial charge in [-0.3, -0.25) is 4.98 Å². The molecular formula is C14H13NO2. The molecule has 0 aliphatic carbocycles. The Balaban J connectivity index is 2.46. The zero-order valence-electron chi connectivity index (χ0n) is 9.81. The third kappa shape index (κ3) is 2.33. The molecule has 0 amide bonds. The summed E-state index contributed by atoms with van der Waals surface area (Å²) in [5.74, 6) is -0.356. The van der Waals surface area contributed by atoms with Crippen molar-refractivity contribution < 1.29 is 9.53 Å². The number of carbonyl (C=O) groups excluding carboxylic acids is 1. The monoisotopic (exact) mass is 227 g/mol. The molecule has 0 bridgehead atoms. The molecule has 0 unspecified atom stereocenters. The second kappa shape index (κ2) is 4.78. The number of esters is 1. The van der Waals surface area contributed by atoms with Crippen LogP contribution in [0.15, 0.2) is 36.5 Å². The van der Waals surface area contributed by atoms with Crippen molar-refractivity contribution in [1.29, 1.82) is 0 Å². The van der Waals surface area contributed by atoms with Gasteiger partial charge in [-0.05, 0) is 30.2 Å². The molecule has 0 radical (unpaired) electrons. The summed E-state index contributed by atoms with van der Waals surface area (Å²) in [6, 6.07) is 7.89. The molecule has 0 aliphatic rings. The van der Waals surface area contributed by atoms with E-state index in [4.69, 9.17) is 0 Å². The molecule has 2 aromatic rings. The lowest BCUT2D eigenvalue weighted by Crippen LogP contribution is -1.94. The Hall–Kier alpha value is -2.16. The lowest BCUT2D eigenvalue weighted by molar-refractivity contribution is -0.134. The van der Waals surface area contributed by atoms with Crippen molar-refractivity contribution in [2.24, 2.45) is 0 Å². The molecule has 3 nitrogen and oxygen atoms in total. The summed E-state index contributed by atoms with van der Waals surface area (Å²) < 4.78 is 4.56. The average molecular weight is 227 g/mol. The Morgan fingerprint density at radius 3 is 2.94 bits per heavy atom. The Morgan fingerprint density at radius 2 is 2.18 bits per heavy atom. The van der Waals surface area contributed by atoms with Gasteiger partial charge in [0.15, 0.2) is 0 Å². The predicted octanol–water partition coefficient (Wildman–Crippen LogP) is 2.73. The minimum atomic E-state index is -0.356. The number of rotatable bonds is 2. The number of methoxy groups -OCH3 is 1. The number of benzene rings is 1. The Bertz CT molecular complexity index is 588. The van der Waals surface area contributed by atoms with Crippen molar-refractivity contribution in [1.82, 2.24) is 4.98 Å². The lowest BCUT2D eigenvalue weighted by Gasteiger charge is -2.04. The summed E-state index contributed by atoms with van der Waals surface area (Å²) in [7, 11) is 1.36. The number of fused-ring (bicyclic) bond motifs is 1. The van der Waals surface area contributed by atoms with Crippen LogP contribution in [0.4, 0.5) is 0 Å². The zero-order chi connectivity index (χ0) is 12.3. The van der Waals surface area contributed by atoms with Crippen molar-refractivity contribution in [3.8, 4) is 0 Å². The predicted molar refractivity (Wildman–Crippen MR) is 67.5 cm³/mol. The topological polar surface area (TPSA) is 39.2 Å². The first-order valence-corrected chi connectivity index (χ1v) is 5.33. The highest BCUT2D eigenvalue weighted by molar-refractivity contribution is 5.90. The molecule has 0 spiro atoms. The van der Waals surface area contributed by atoms with Gasteiger partial charge in [0.05, 0.1) is 12.6 Å². The highest BCUT2D eigenvalue weighted by Gasteiger charge is 2.02. The largest absolute Gasteiger partial charge is 0.466 e. The van der Waals surface area contributed by atoms with Crippen molar-refractivity contribution in [2.45, 2.75) is 6.92 Å². The van der Waals surface area contributed by atoms with E-state index in [-0.39, 0.29) is 5.97 Å². The van der Waals surface area contributed by atoms with Gasteiger partial charge in [0.1, 0.15) is 0 Å². The fraction of sp³-hybridized carbons (Fsp3) is 0.143. The summed E-state index contributed by atoms with van der Waals surface area (Å²) >= 11 is 0. The van der Waals surface area contributed by atoms with E-state index in [0.29, 0.717) is 0 Å². The molecular weight excluding hydrogens is 214 g/mol. The molecule has 1 aromatic carbocycles. The van der Waals surface area contributed by atoms with Gasteiger partial charge in [0.2, 0.25) is 0 Å². The number of carbonyl (C=O) groups is 1. The van der Waals surface area contributed by atoms with Crippen molar-refractivity contribution in [3.05, 3.63) is 47.7 Å². The van der Waals surface area contributed by atoms with Crippen molar-refractivity contribution in [3.63, 3.8) is 0 Å². The summed E-state index contributed by atoms with van der Waals surface area (Å²) in [6.07, 6.45) is 4.93. The van der Waals surface area contributed by atoms with Crippen LogP contribution in [0.25, 0.3) is 17.0 Å². The molecule has 3 heteroatoms. The number of pyridine rings is 1. The number of nitrogens with zero attached hydrogens (tertiary/aromatic N) is 1. The Kier molecular flexibility index (Phi) is 3.19. The van der Waals surface area contributed by atoms with E-state index in [1.54, 1.807) is 12.3 Å². The van der Waals surface area contributed by atoms with Crippen LogP contribution in [0.1, 0.15) is 11.1 Å². The highest BCUT2D eigenvalue weighted by atomic mass is 16.5. The third-order valence-corrected chi connectivity index (χ3v) is 2.67. The number of ether oxygens (including phenoxy) is 1. The molecule has 0 aliphatic heterocycles. The average Bonchev–Trinajstić information content (AvgIpc) is 2.38. The van der Waals surface area contributed by atoms with Gasteiger partial charge in [0, 0.05) is 17.7 Å². The van der Waals surface area contributed by atoms with Crippen LogP contribution in [0.3, 0.4) is 0 Å². The minimum absolute atomic E-state index is 0.356. The van der Waals surface area contributed by atoms with Gasteiger partial charge in [-0.1, -0.05) is 18.2 Å². The van der Waals surface area contributed by atoms with Crippen LogP contribution in [-0.2, 0) is 9.53 Å². The molecule has 86 valence electrons. The van der Waals surface area contributed by atoms with Gasteiger partial charge in [-0.25, -0.2) is 4.79 Å². The first-order chi connectivity index (χ1) is 8.22.